The van der Waals surface area contributed by atoms with E-state index in [2.05, 4.69) is 9.97 Å². The highest BCUT2D eigenvalue weighted by Gasteiger charge is 2.16. The van der Waals surface area contributed by atoms with Crippen molar-refractivity contribution in [3.8, 4) is 22.6 Å². The average Bonchev–Trinajstić information content (AvgIpc) is 2.65. The zero-order valence-corrected chi connectivity index (χ0v) is 17.0. The van der Waals surface area contributed by atoms with Crippen LogP contribution in [-0.2, 0) is 22.6 Å². The molecule has 3 rings (SSSR count). The van der Waals surface area contributed by atoms with Gasteiger partial charge in [0.15, 0.2) is 15.7 Å². The van der Waals surface area contributed by atoms with Crippen LogP contribution < -0.4 is 5.56 Å². The Morgan fingerprint density at radius 1 is 1.04 bits per heavy atom. The molecule has 0 aliphatic carbocycles. The summed E-state index contributed by atoms with van der Waals surface area (Å²) in [6.45, 7) is 3.59. The molecule has 3 aromatic rings. The summed E-state index contributed by atoms with van der Waals surface area (Å²) < 4.78 is 26.2. The number of benzene rings is 1. The minimum Gasteiger partial charge on any atom is -0.318 e. The van der Waals surface area contributed by atoms with E-state index in [-0.39, 0.29) is 17.1 Å². The Morgan fingerprint density at radius 2 is 1.75 bits per heavy atom. The van der Waals surface area contributed by atoms with Gasteiger partial charge >= 0.3 is 0 Å². The van der Waals surface area contributed by atoms with Crippen LogP contribution in [0.25, 0.3) is 22.6 Å². The van der Waals surface area contributed by atoms with Gasteiger partial charge in [-0.05, 0) is 25.5 Å². The minimum atomic E-state index is -3.25. The minimum absolute atomic E-state index is 0.0770. The van der Waals surface area contributed by atoms with E-state index in [0.717, 1.165) is 11.1 Å². The summed E-state index contributed by atoms with van der Waals surface area (Å²) in [6.07, 6.45) is 2.27. The SMILES string of the molecule is CCCS(=O)(=O)Cc1cc(-c2cc(C)c(=O)n(C)c2)nc(-c2ccccc2)n1. The van der Waals surface area contributed by atoms with E-state index < -0.39 is 9.84 Å². The number of pyridine rings is 1. The standard InChI is InChI=1S/C21H23N3O3S/c1-4-10-28(26,27)14-18-12-19(17-11-15(2)21(25)24(3)13-17)23-20(22-18)16-8-6-5-7-9-16/h5-9,11-13H,4,10,14H2,1-3H3. The summed E-state index contributed by atoms with van der Waals surface area (Å²) in [4.78, 5) is 21.2. The van der Waals surface area contributed by atoms with Crippen molar-refractivity contribution in [1.82, 2.24) is 14.5 Å². The molecule has 0 fully saturated rings. The zero-order chi connectivity index (χ0) is 20.3. The summed E-state index contributed by atoms with van der Waals surface area (Å²) >= 11 is 0. The van der Waals surface area contributed by atoms with Crippen LogP contribution in [0.4, 0.5) is 0 Å². The number of aromatic nitrogens is 3. The van der Waals surface area contributed by atoms with Crippen LogP contribution in [0.1, 0.15) is 24.6 Å². The van der Waals surface area contributed by atoms with Crippen molar-refractivity contribution in [1.29, 1.82) is 0 Å². The fourth-order valence-corrected chi connectivity index (χ4v) is 4.43. The molecule has 0 aliphatic heterocycles. The third kappa shape index (κ3) is 4.54. The third-order valence-electron chi connectivity index (χ3n) is 4.35. The Bertz CT molecular complexity index is 1130. The molecule has 1 aromatic carbocycles. The first-order chi connectivity index (χ1) is 13.3. The van der Waals surface area contributed by atoms with Crippen LogP contribution in [0.3, 0.4) is 0 Å². The molecule has 146 valence electrons. The highest BCUT2D eigenvalue weighted by Crippen LogP contribution is 2.23. The Kier molecular flexibility index (Phi) is 5.74. The number of nitrogens with zero attached hydrogens (tertiary/aromatic N) is 3. The maximum absolute atomic E-state index is 12.3. The van der Waals surface area contributed by atoms with Gasteiger partial charge in [0.05, 0.1) is 22.9 Å². The summed E-state index contributed by atoms with van der Waals surface area (Å²) in [5.74, 6) is 0.443. The summed E-state index contributed by atoms with van der Waals surface area (Å²) in [6, 6.07) is 12.9. The predicted octanol–water partition coefficient (Wildman–Crippen LogP) is 3.14. The van der Waals surface area contributed by atoms with Crippen LogP contribution in [0.5, 0.6) is 0 Å². The van der Waals surface area contributed by atoms with Gasteiger partial charge in [-0.3, -0.25) is 4.79 Å². The molecule has 6 nitrogen and oxygen atoms in total. The van der Waals surface area contributed by atoms with Crippen LogP contribution in [0.2, 0.25) is 0 Å². The smallest absolute Gasteiger partial charge is 0.253 e. The van der Waals surface area contributed by atoms with Gasteiger partial charge in [0.25, 0.3) is 5.56 Å². The molecule has 28 heavy (non-hydrogen) atoms. The van der Waals surface area contributed by atoms with Crippen LogP contribution in [-0.4, -0.2) is 28.7 Å². The Morgan fingerprint density at radius 3 is 2.39 bits per heavy atom. The molecule has 2 aromatic heterocycles. The molecule has 0 unspecified atom stereocenters. The fourth-order valence-electron chi connectivity index (χ4n) is 3.06. The summed E-state index contributed by atoms with van der Waals surface area (Å²) in [7, 11) is -1.57. The first kappa shape index (κ1) is 19.9. The molecular formula is C21H23N3O3S. The van der Waals surface area contributed by atoms with E-state index in [9.17, 15) is 13.2 Å². The Labute approximate surface area is 164 Å². The van der Waals surface area contributed by atoms with Gasteiger partial charge in [0.1, 0.15) is 0 Å². The van der Waals surface area contributed by atoms with Gasteiger partial charge in [-0.2, -0.15) is 0 Å². The zero-order valence-electron chi connectivity index (χ0n) is 16.2. The highest BCUT2D eigenvalue weighted by molar-refractivity contribution is 7.90. The molecule has 0 atom stereocenters. The van der Waals surface area contributed by atoms with Crippen LogP contribution in [0.15, 0.2) is 53.5 Å². The van der Waals surface area contributed by atoms with Crippen molar-refractivity contribution in [2.24, 2.45) is 7.05 Å². The number of hydrogen-bond donors (Lipinski definition) is 0. The monoisotopic (exact) mass is 397 g/mol. The molecule has 0 amide bonds. The van der Waals surface area contributed by atoms with Gasteiger partial charge in [-0.15, -0.1) is 0 Å². The van der Waals surface area contributed by atoms with Gasteiger partial charge < -0.3 is 4.57 Å². The second-order valence-electron chi connectivity index (χ2n) is 6.85. The van der Waals surface area contributed by atoms with Crippen molar-refractivity contribution < 1.29 is 8.42 Å². The number of rotatable bonds is 6. The molecule has 0 bridgehead atoms. The lowest BCUT2D eigenvalue weighted by atomic mass is 10.1. The average molecular weight is 398 g/mol. The topological polar surface area (TPSA) is 81.9 Å². The second-order valence-corrected chi connectivity index (χ2v) is 9.04. The third-order valence-corrected chi connectivity index (χ3v) is 6.12. The first-order valence-electron chi connectivity index (χ1n) is 9.10. The molecule has 0 aliphatic rings. The number of hydrogen-bond acceptors (Lipinski definition) is 5. The molecule has 0 saturated carbocycles. The van der Waals surface area contributed by atoms with Crippen molar-refractivity contribution in [3.05, 3.63) is 70.3 Å². The predicted molar refractivity (Wildman–Crippen MR) is 111 cm³/mol. The Hall–Kier alpha value is -2.80. The number of sulfone groups is 1. The van der Waals surface area contributed by atoms with Crippen molar-refractivity contribution in [2.45, 2.75) is 26.0 Å². The van der Waals surface area contributed by atoms with E-state index in [1.807, 2.05) is 37.3 Å². The van der Waals surface area contributed by atoms with E-state index in [1.54, 1.807) is 32.3 Å². The fraction of sp³-hybridized carbons (Fsp3) is 0.286. The second kappa shape index (κ2) is 8.06. The lowest BCUT2D eigenvalue weighted by Crippen LogP contribution is -2.18. The van der Waals surface area contributed by atoms with Gasteiger partial charge in [0, 0.05) is 29.9 Å². The molecule has 7 heteroatoms. The lowest BCUT2D eigenvalue weighted by Gasteiger charge is -2.11. The van der Waals surface area contributed by atoms with E-state index in [4.69, 9.17) is 0 Å². The lowest BCUT2D eigenvalue weighted by molar-refractivity contribution is 0.593. The van der Waals surface area contributed by atoms with Gasteiger partial charge in [-0.1, -0.05) is 37.3 Å². The van der Waals surface area contributed by atoms with Crippen molar-refractivity contribution in [3.63, 3.8) is 0 Å². The van der Waals surface area contributed by atoms with Crippen molar-refractivity contribution >= 4 is 9.84 Å². The quantitative estimate of drug-likeness (QED) is 0.638. The Balaban J connectivity index is 2.17. The molecule has 0 spiro atoms. The molecule has 0 radical (unpaired) electrons. The summed E-state index contributed by atoms with van der Waals surface area (Å²) in [5.41, 5.74) is 3.11. The van der Waals surface area contributed by atoms with E-state index in [0.29, 0.717) is 29.2 Å². The van der Waals surface area contributed by atoms with Crippen LogP contribution in [0, 0.1) is 6.92 Å². The van der Waals surface area contributed by atoms with Crippen LogP contribution >= 0.6 is 0 Å². The van der Waals surface area contributed by atoms with Gasteiger partial charge in [0.2, 0.25) is 0 Å². The van der Waals surface area contributed by atoms with Crippen molar-refractivity contribution in [2.75, 3.05) is 5.75 Å². The van der Waals surface area contributed by atoms with Gasteiger partial charge in [-0.25, -0.2) is 18.4 Å². The normalized spacial score (nSPS) is 11.5. The maximum atomic E-state index is 12.3. The largest absolute Gasteiger partial charge is 0.318 e. The first-order valence-corrected chi connectivity index (χ1v) is 10.9. The molecule has 0 N–H and O–H groups in total. The maximum Gasteiger partial charge on any atom is 0.253 e. The van der Waals surface area contributed by atoms with E-state index >= 15 is 0 Å². The highest BCUT2D eigenvalue weighted by atomic mass is 32.2. The number of aryl methyl sites for hydroxylation is 2. The summed E-state index contributed by atoms with van der Waals surface area (Å²) in [5, 5.41) is 0. The molecule has 0 saturated heterocycles. The molecule has 2 heterocycles. The van der Waals surface area contributed by atoms with E-state index in [1.165, 1.54) is 4.57 Å². The molecular weight excluding hydrogens is 374 g/mol.